The van der Waals surface area contributed by atoms with Crippen LogP contribution < -0.4 is 9.54 Å². The van der Waals surface area contributed by atoms with Crippen molar-refractivity contribution in [2.45, 2.75) is 32.0 Å². The number of imidazole rings is 1. The topological polar surface area (TPSA) is 94.0 Å². The normalized spacial score (nSPS) is 17.3. The lowest BCUT2D eigenvalue weighted by molar-refractivity contribution is -0.274. The van der Waals surface area contributed by atoms with Crippen molar-refractivity contribution in [1.29, 1.82) is 0 Å². The Bertz CT molecular complexity index is 1910. The number of thiazole rings is 1. The Balaban J connectivity index is 1.25. The third-order valence-corrected chi connectivity index (χ3v) is 7.76. The number of para-hydroxylation sites is 1. The first kappa shape index (κ1) is 28.2. The number of aliphatic imine (C=N–C) groups is 1. The number of carbonyl (C=O) groups is 1. The Labute approximate surface area is 247 Å². The van der Waals surface area contributed by atoms with Crippen molar-refractivity contribution < 1.29 is 27.8 Å². The number of aromatic hydroxyl groups is 1. The van der Waals surface area contributed by atoms with Crippen LogP contribution in [0, 0.1) is 0 Å². The molecule has 43 heavy (non-hydrogen) atoms. The van der Waals surface area contributed by atoms with E-state index in [4.69, 9.17) is 0 Å². The zero-order chi connectivity index (χ0) is 30.3. The Morgan fingerprint density at radius 1 is 1.07 bits per heavy atom. The maximum Gasteiger partial charge on any atom is 0.573 e. The molecule has 1 N–H and O–H groups in total. The zero-order valence-electron chi connectivity index (χ0n) is 22.9. The predicted octanol–water partition coefficient (Wildman–Crippen LogP) is 7.22. The molecule has 1 atom stereocenters. The number of nitrogens with zero attached hydrogens (tertiary/aromatic N) is 5. The van der Waals surface area contributed by atoms with E-state index < -0.39 is 12.4 Å². The van der Waals surface area contributed by atoms with Gasteiger partial charge in [0.1, 0.15) is 12.1 Å². The summed E-state index contributed by atoms with van der Waals surface area (Å²) in [6.45, 7) is 4.10. The van der Waals surface area contributed by atoms with E-state index in [2.05, 4.69) is 19.7 Å². The molecule has 2 aromatic heterocycles. The van der Waals surface area contributed by atoms with Crippen LogP contribution in [-0.4, -0.2) is 37.3 Å². The lowest BCUT2D eigenvalue weighted by atomic mass is 9.85. The summed E-state index contributed by atoms with van der Waals surface area (Å²) >= 11 is 1.14. The molecule has 0 fully saturated rings. The van der Waals surface area contributed by atoms with Gasteiger partial charge in [0.15, 0.2) is 0 Å². The van der Waals surface area contributed by atoms with Crippen LogP contribution in [-0.2, 0) is 0 Å². The molecule has 0 saturated heterocycles. The number of amides is 2. The standard InChI is InChI=1S/C31H24F3N5O3S/c1-18(2)23-5-3-4-6-25(23)39-27(40)16-43-30(39)37-29(41)36-20-8-13-24-19(15-20)7-14-26-28(24)35-17-38(26)21-9-11-22(12-10-21)42-31(32,33)34/h3-18,24,40H,1-2H3/b36-20-,37-30-. The van der Waals surface area contributed by atoms with Gasteiger partial charge in [0.25, 0.3) is 0 Å². The molecule has 8 nitrogen and oxygen atoms in total. The molecule has 2 aliphatic rings. The maximum absolute atomic E-state index is 12.9. The van der Waals surface area contributed by atoms with Gasteiger partial charge in [0.05, 0.1) is 28.2 Å². The maximum atomic E-state index is 12.9. The number of aromatic nitrogens is 3. The summed E-state index contributed by atoms with van der Waals surface area (Å²) in [5.74, 6) is -0.329. The van der Waals surface area contributed by atoms with Crippen molar-refractivity contribution in [2.24, 2.45) is 9.98 Å². The fourth-order valence-corrected chi connectivity index (χ4v) is 5.80. The number of ether oxygens (including phenoxy) is 1. The molecule has 0 bridgehead atoms. The number of rotatable bonds is 4. The van der Waals surface area contributed by atoms with E-state index >= 15 is 0 Å². The smallest absolute Gasteiger partial charge is 0.494 e. The predicted molar refractivity (Wildman–Crippen MR) is 157 cm³/mol. The van der Waals surface area contributed by atoms with Gasteiger partial charge in [-0.1, -0.05) is 44.2 Å². The average Bonchev–Trinajstić information content (AvgIpc) is 3.55. The van der Waals surface area contributed by atoms with Crippen LogP contribution in [0.2, 0.25) is 0 Å². The van der Waals surface area contributed by atoms with Crippen molar-refractivity contribution >= 4 is 29.2 Å². The number of allylic oxidation sites excluding steroid dienone is 5. The second-order valence-electron chi connectivity index (χ2n) is 10.1. The highest BCUT2D eigenvalue weighted by Gasteiger charge is 2.31. The monoisotopic (exact) mass is 603 g/mol. The lowest BCUT2D eigenvalue weighted by Gasteiger charge is -2.21. The van der Waals surface area contributed by atoms with Crippen LogP contribution in [0.1, 0.15) is 42.6 Å². The van der Waals surface area contributed by atoms with Crippen molar-refractivity contribution in [3.63, 3.8) is 0 Å². The highest BCUT2D eigenvalue weighted by Crippen LogP contribution is 2.37. The first-order valence-corrected chi connectivity index (χ1v) is 14.1. The van der Waals surface area contributed by atoms with Crippen LogP contribution in [0.3, 0.4) is 0 Å². The Morgan fingerprint density at radius 2 is 1.84 bits per heavy atom. The van der Waals surface area contributed by atoms with E-state index in [1.165, 1.54) is 29.6 Å². The summed E-state index contributed by atoms with van der Waals surface area (Å²) in [5.41, 5.74) is 5.20. The second-order valence-corrected chi connectivity index (χ2v) is 10.9. The molecule has 218 valence electrons. The molecule has 0 aliphatic heterocycles. The summed E-state index contributed by atoms with van der Waals surface area (Å²) in [5, 5.41) is 12.1. The number of carbonyl (C=O) groups excluding carboxylic acids is 1. The van der Waals surface area contributed by atoms with Crippen molar-refractivity contribution in [2.75, 3.05) is 0 Å². The summed E-state index contributed by atoms with van der Waals surface area (Å²) in [4.78, 5) is 26.1. The van der Waals surface area contributed by atoms with Gasteiger partial charge in [-0.2, -0.15) is 9.98 Å². The lowest BCUT2D eigenvalue weighted by Crippen LogP contribution is -2.17. The number of urea groups is 1. The van der Waals surface area contributed by atoms with E-state index in [0.717, 1.165) is 39.5 Å². The molecule has 6 rings (SSSR count). The quantitative estimate of drug-likeness (QED) is 0.267. The number of fused-ring (bicyclic) bond motifs is 3. The van der Waals surface area contributed by atoms with E-state index in [1.54, 1.807) is 27.6 Å². The molecule has 0 spiro atoms. The molecule has 1 unspecified atom stereocenters. The first-order chi connectivity index (χ1) is 20.6. The molecular formula is C31H24F3N5O3S. The van der Waals surface area contributed by atoms with E-state index in [9.17, 15) is 23.1 Å². The van der Waals surface area contributed by atoms with E-state index in [1.807, 2.05) is 56.3 Å². The molecule has 2 heterocycles. The van der Waals surface area contributed by atoms with Gasteiger partial charge < -0.3 is 9.84 Å². The third kappa shape index (κ3) is 5.73. The molecule has 2 aromatic carbocycles. The van der Waals surface area contributed by atoms with Crippen LogP contribution >= 0.6 is 11.3 Å². The summed E-state index contributed by atoms with van der Waals surface area (Å²) < 4.78 is 44.8. The SMILES string of the molecule is CC(C)c1ccccc1-n1c(O)cs/c1=N\C(=O)/N=C1/C=CC2C(=C1)C=Cc1c2ncn1-c1ccc(OC(F)(F)F)cc1. The second kappa shape index (κ2) is 11.0. The summed E-state index contributed by atoms with van der Waals surface area (Å²) in [6.07, 6.45) is 5.99. The molecule has 0 radical (unpaired) electrons. The zero-order valence-corrected chi connectivity index (χ0v) is 23.7. The van der Waals surface area contributed by atoms with Gasteiger partial charge in [-0.05, 0) is 65.6 Å². The number of hydrogen-bond donors (Lipinski definition) is 1. The highest BCUT2D eigenvalue weighted by molar-refractivity contribution is 7.07. The van der Waals surface area contributed by atoms with Gasteiger partial charge >= 0.3 is 12.4 Å². The number of alkyl halides is 3. The van der Waals surface area contributed by atoms with E-state index in [-0.39, 0.29) is 23.5 Å². The molecule has 12 heteroatoms. The minimum absolute atomic E-state index is 0.0204. The minimum atomic E-state index is -4.76. The number of halogens is 3. The van der Waals surface area contributed by atoms with E-state index in [0.29, 0.717) is 16.2 Å². The van der Waals surface area contributed by atoms with Crippen molar-refractivity contribution in [1.82, 2.24) is 14.1 Å². The third-order valence-electron chi connectivity index (χ3n) is 6.95. The summed E-state index contributed by atoms with van der Waals surface area (Å²) in [7, 11) is 0. The van der Waals surface area contributed by atoms with Crippen LogP contribution in [0.15, 0.2) is 100 Å². The van der Waals surface area contributed by atoms with Gasteiger partial charge in [-0.3, -0.25) is 9.13 Å². The largest absolute Gasteiger partial charge is 0.573 e. The first-order valence-electron chi connectivity index (χ1n) is 13.2. The van der Waals surface area contributed by atoms with Gasteiger partial charge in [-0.25, -0.2) is 9.78 Å². The fourth-order valence-electron chi connectivity index (χ4n) is 5.06. The Hall–Kier alpha value is -4.97. The molecular weight excluding hydrogens is 579 g/mol. The Kier molecular flexibility index (Phi) is 7.22. The van der Waals surface area contributed by atoms with Gasteiger partial charge in [-0.15, -0.1) is 24.5 Å². The fraction of sp³-hybridized carbons (Fsp3) is 0.161. The number of benzene rings is 2. The van der Waals surface area contributed by atoms with Crippen molar-refractivity contribution in [3.8, 4) is 23.0 Å². The molecule has 4 aromatic rings. The van der Waals surface area contributed by atoms with Crippen molar-refractivity contribution in [3.05, 3.63) is 112 Å². The summed E-state index contributed by atoms with van der Waals surface area (Å²) in [6, 6.07) is 12.5. The average molecular weight is 604 g/mol. The van der Waals surface area contributed by atoms with Crippen LogP contribution in [0.5, 0.6) is 11.6 Å². The molecule has 2 amide bonds. The van der Waals surface area contributed by atoms with Crippen LogP contribution in [0.4, 0.5) is 18.0 Å². The van der Waals surface area contributed by atoms with Crippen LogP contribution in [0.25, 0.3) is 17.5 Å². The number of hydrogen-bond acceptors (Lipinski definition) is 5. The molecule has 0 saturated carbocycles. The highest BCUT2D eigenvalue weighted by atomic mass is 32.1. The minimum Gasteiger partial charge on any atom is -0.494 e. The Morgan fingerprint density at radius 3 is 2.58 bits per heavy atom. The van der Waals surface area contributed by atoms with Gasteiger partial charge in [0.2, 0.25) is 10.7 Å². The molecule has 2 aliphatic carbocycles. The van der Waals surface area contributed by atoms with Gasteiger partial charge in [0, 0.05) is 11.6 Å².